The maximum atomic E-state index is 10.9. The SMILES string of the molecule is CC(C)N(C)CCCNc1c(Cl)cccc1[N+](=O)[O-]. The van der Waals surface area contributed by atoms with Gasteiger partial charge < -0.3 is 10.2 Å². The molecule has 1 rings (SSSR count). The Morgan fingerprint density at radius 3 is 2.74 bits per heavy atom. The van der Waals surface area contributed by atoms with Crippen molar-refractivity contribution < 1.29 is 4.92 Å². The van der Waals surface area contributed by atoms with E-state index < -0.39 is 4.92 Å². The van der Waals surface area contributed by atoms with E-state index in [2.05, 4.69) is 31.1 Å². The molecule has 0 aliphatic rings. The molecule has 0 unspecified atom stereocenters. The predicted molar refractivity (Wildman–Crippen MR) is 79.0 cm³/mol. The number of nitrogens with zero attached hydrogens (tertiary/aromatic N) is 2. The summed E-state index contributed by atoms with van der Waals surface area (Å²) in [6, 6.07) is 5.18. The molecule has 1 aromatic carbocycles. The third kappa shape index (κ3) is 4.69. The quantitative estimate of drug-likeness (QED) is 0.474. The van der Waals surface area contributed by atoms with Gasteiger partial charge in [-0.2, -0.15) is 0 Å². The van der Waals surface area contributed by atoms with Crippen molar-refractivity contribution in [2.24, 2.45) is 0 Å². The number of para-hydroxylation sites is 1. The Morgan fingerprint density at radius 2 is 2.16 bits per heavy atom. The van der Waals surface area contributed by atoms with Crippen molar-refractivity contribution in [2.45, 2.75) is 26.3 Å². The van der Waals surface area contributed by atoms with Crippen LogP contribution in [0.5, 0.6) is 0 Å². The van der Waals surface area contributed by atoms with Crippen molar-refractivity contribution in [1.82, 2.24) is 4.90 Å². The second-order valence-electron chi connectivity index (χ2n) is 4.75. The number of hydrogen-bond donors (Lipinski definition) is 1. The first-order valence-corrected chi connectivity index (χ1v) is 6.68. The predicted octanol–water partition coefficient (Wildman–Crippen LogP) is 3.39. The van der Waals surface area contributed by atoms with Gasteiger partial charge in [0.25, 0.3) is 5.69 Å². The standard InChI is InChI=1S/C13H20ClN3O2/c1-10(2)16(3)9-5-8-15-13-11(14)6-4-7-12(13)17(18)19/h4,6-7,10,15H,5,8-9H2,1-3H3. The van der Waals surface area contributed by atoms with Gasteiger partial charge in [0.15, 0.2) is 0 Å². The van der Waals surface area contributed by atoms with Gasteiger partial charge in [-0.05, 0) is 39.9 Å². The van der Waals surface area contributed by atoms with Crippen LogP contribution in [0.2, 0.25) is 5.02 Å². The van der Waals surface area contributed by atoms with Crippen LogP contribution < -0.4 is 5.32 Å². The Morgan fingerprint density at radius 1 is 1.47 bits per heavy atom. The third-order valence-corrected chi connectivity index (χ3v) is 3.37. The highest BCUT2D eigenvalue weighted by Gasteiger charge is 2.15. The van der Waals surface area contributed by atoms with Crippen LogP contribution in [-0.2, 0) is 0 Å². The number of rotatable bonds is 7. The highest BCUT2D eigenvalue weighted by molar-refractivity contribution is 6.33. The minimum absolute atomic E-state index is 0.0183. The van der Waals surface area contributed by atoms with Crippen LogP contribution in [-0.4, -0.2) is 36.0 Å². The molecule has 0 aliphatic heterocycles. The van der Waals surface area contributed by atoms with Crippen LogP contribution in [0.15, 0.2) is 18.2 Å². The number of nitro benzene ring substituents is 1. The lowest BCUT2D eigenvalue weighted by atomic mass is 10.2. The van der Waals surface area contributed by atoms with Crippen LogP contribution in [0.3, 0.4) is 0 Å². The Kier molecular flexibility index (Phi) is 6.05. The number of nitro groups is 1. The van der Waals surface area contributed by atoms with E-state index in [0.29, 0.717) is 23.3 Å². The van der Waals surface area contributed by atoms with Gasteiger partial charge in [-0.1, -0.05) is 17.7 Å². The zero-order valence-corrected chi connectivity index (χ0v) is 12.3. The molecule has 6 heteroatoms. The molecule has 5 nitrogen and oxygen atoms in total. The van der Waals surface area contributed by atoms with Crippen molar-refractivity contribution in [3.8, 4) is 0 Å². The third-order valence-electron chi connectivity index (χ3n) is 3.06. The molecule has 0 fully saturated rings. The second kappa shape index (κ2) is 7.31. The highest BCUT2D eigenvalue weighted by atomic mass is 35.5. The normalized spacial score (nSPS) is 11.1. The maximum Gasteiger partial charge on any atom is 0.293 e. The van der Waals surface area contributed by atoms with Gasteiger partial charge in [0, 0.05) is 18.7 Å². The van der Waals surface area contributed by atoms with E-state index in [4.69, 9.17) is 11.6 Å². The zero-order chi connectivity index (χ0) is 14.4. The van der Waals surface area contributed by atoms with Gasteiger partial charge in [-0.15, -0.1) is 0 Å². The maximum absolute atomic E-state index is 10.9. The van der Waals surface area contributed by atoms with Crippen molar-refractivity contribution >= 4 is 23.0 Å². The topological polar surface area (TPSA) is 58.4 Å². The second-order valence-corrected chi connectivity index (χ2v) is 5.15. The summed E-state index contributed by atoms with van der Waals surface area (Å²) in [5, 5.41) is 14.3. The van der Waals surface area contributed by atoms with E-state index in [1.165, 1.54) is 6.07 Å². The summed E-state index contributed by atoms with van der Waals surface area (Å²) < 4.78 is 0. The van der Waals surface area contributed by atoms with Crippen molar-refractivity contribution in [1.29, 1.82) is 0 Å². The molecular weight excluding hydrogens is 266 g/mol. The Balaban J connectivity index is 2.56. The molecule has 0 spiro atoms. The van der Waals surface area contributed by atoms with E-state index in [1.807, 2.05) is 0 Å². The first-order chi connectivity index (χ1) is 8.93. The van der Waals surface area contributed by atoms with Gasteiger partial charge in [0.1, 0.15) is 5.69 Å². The molecule has 0 radical (unpaired) electrons. The molecule has 0 aromatic heterocycles. The van der Waals surface area contributed by atoms with Crippen LogP contribution in [0.25, 0.3) is 0 Å². The van der Waals surface area contributed by atoms with Crippen LogP contribution in [0, 0.1) is 10.1 Å². The number of anilines is 1. The minimum Gasteiger partial charge on any atom is -0.378 e. The van der Waals surface area contributed by atoms with Gasteiger partial charge in [0.05, 0.1) is 9.95 Å². The molecule has 0 saturated heterocycles. The number of benzene rings is 1. The van der Waals surface area contributed by atoms with E-state index in [-0.39, 0.29) is 5.69 Å². The largest absolute Gasteiger partial charge is 0.378 e. The average molecular weight is 286 g/mol. The lowest BCUT2D eigenvalue weighted by Gasteiger charge is -2.20. The highest BCUT2D eigenvalue weighted by Crippen LogP contribution is 2.31. The van der Waals surface area contributed by atoms with Crippen LogP contribution in [0.4, 0.5) is 11.4 Å². The molecule has 0 atom stereocenters. The molecule has 106 valence electrons. The Labute approximate surface area is 118 Å². The fourth-order valence-electron chi connectivity index (χ4n) is 1.64. The van der Waals surface area contributed by atoms with Crippen LogP contribution >= 0.6 is 11.6 Å². The Bertz CT molecular complexity index is 438. The van der Waals surface area contributed by atoms with Gasteiger partial charge in [-0.25, -0.2) is 0 Å². The summed E-state index contributed by atoms with van der Waals surface area (Å²) in [6.07, 6.45) is 0.900. The molecule has 19 heavy (non-hydrogen) atoms. The molecule has 1 N–H and O–H groups in total. The summed E-state index contributed by atoms with van der Waals surface area (Å²) in [7, 11) is 2.06. The van der Waals surface area contributed by atoms with Crippen molar-refractivity contribution in [3.05, 3.63) is 33.3 Å². The number of hydrogen-bond acceptors (Lipinski definition) is 4. The first-order valence-electron chi connectivity index (χ1n) is 6.30. The number of halogens is 1. The molecule has 0 bridgehead atoms. The fraction of sp³-hybridized carbons (Fsp3) is 0.538. The van der Waals surface area contributed by atoms with Crippen molar-refractivity contribution in [3.63, 3.8) is 0 Å². The van der Waals surface area contributed by atoms with E-state index in [1.54, 1.807) is 12.1 Å². The zero-order valence-electron chi connectivity index (χ0n) is 11.5. The molecule has 0 aliphatic carbocycles. The van der Waals surface area contributed by atoms with E-state index >= 15 is 0 Å². The Hall–Kier alpha value is -1.33. The molecular formula is C13H20ClN3O2. The lowest BCUT2D eigenvalue weighted by Crippen LogP contribution is -2.28. The molecule has 1 aromatic rings. The van der Waals surface area contributed by atoms with Gasteiger partial charge in [0.2, 0.25) is 0 Å². The summed E-state index contributed by atoms with van der Waals surface area (Å²) >= 11 is 5.99. The smallest absolute Gasteiger partial charge is 0.293 e. The first kappa shape index (κ1) is 15.7. The summed E-state index contributed by atoms with van der Waals surface area (Å²) in [6.45, 7) is 5.85. The fourth-order valence-corrected chi connectivity index (χ4v) is 1.88. The van der Waals surface area contributed by atoms with E-state index in [9.17, 15) is 10.1 Å². The van der Waals surface area contributed by atoms with Gasteiger partial charge >= 0.3 is 0 Å². The summed E-state index contributed by atoms with van der Waals surface area (Å²) in [4.78, 5) is 12.7. The molecule has 0 saturated carbocycles. The average Bonchev–Trinajstić information content (AvgIpc) is 2.35. The lowest BCUT2D eigenvalue weighted by molar-refractivity contribution is -0.383. The summed E-state index contributed by atoms with van der Waals surface area (Å²) in [5.74, 6) is 0. The minimum atomic E-state index is -0.422. The van der Waals surface area contributed by atoms with Gasteiger partial charge in [-0.3, -0.25) is 10.1 Å². The molecule has 0 amide bonds. The van der Waals surface area contributed by atoms with E-state index in [0.717, 1.165) is 13.0 Å². The summed E-state index contributed by atoms with van der Waals surface area (Å²) in [5.41, 5.74) is 0.422. The van der Waals surface area contributed by atoms with Crippen molar-refractivity contribution in [2.75, 3.05) is 25.5 Å². The number of nitrogens with one attached hydrogen (secondary N) is 1. The van der Waals surface area contributed by atoms with Crippen LogP contribution in [0.1, 0.15) is 20.3 Å². The molecule has 0 heterocycles. The monoisotopic (exact) mass is 285 g/mol.